The first-order valence-electron chi connectivity index (χ1n) is 5.58. The molecule has 0 aromatic heterocycles. The molecule has 0 aliphatic carbocycles. The Bertz CT molecular complexity index is 582. The van der Waals surface area contributed by atoms with Gasteiger partial charge in [0.25, 0.3) is 0 Å². The molecule has 0 aliphatic heterocycles. The van der Waals surface area contributed by atoms with Crippen LogP contribution < -0.4 is 10.6 Å². The number of carboxylic acid groups (broad SMARTS) is 1. The van der Waals surface area contributed by atoms with Gasteiger partial charge in [0.2, 0.25) is 0 Å². The van der Waals surface area contributed by atoms with Gasteiger partial charge in [-0.1, -0.05) is 15.9 Å². The molecule has 2 amide bonds. The molecule has 0 aliphatic rings. The fourth-order valence-electron chi connectivity index (χ4n) is 1.47. The van der Waals surface area contributed by atoms with Gasteiger partial charge in [-0.25, -0.2) is 9.59 Å². The number of anilines is 1. The van der Waals surface area contributed by atoms with Gasteiger partial charge in [0.15, 0.2) is 0 Å². The van der Waals surface area contributed by atoms with Gasteiger partial charge in [0.05, 0.1) is 11.3 Å². The molecule has 0 radical (unpaired) electrons. The third-order valence-corrected chi connectivity index (χ3v) is 3.41. The molecule has 1 aromatic rings. The summed E-state index contributed by atoms with van der Waals surface area (Å²) in [5, 5.41) is 14.3. The molecular formula is C13H12Br2N2O3. The van der Waals surface area contributed by atoms with E-state index in [0.29, 0.717) is 15.4 Å². The zero-order valence-electron chi connectivity index (χ0n) is 10.5. The number of benzene rings is 1. The normalized spacial score (nSPS) is 11.3. The largest absolute Gasteiger partial charge is 0.478 e. The Morgan fingerprint density at radius 1 is 1.45 bits per heavy atom. The van der Waals surface area contributed by atoms with Crippen LogP contribution in [-0.2, 0) is 0 Å². The number of rotatable bonds is 4. The number of nitrogens with one attached hydrogen (secondary N) is 2. The van der Waals surface area contributed by atoms with Crippen LogP contribution in [0.3, 0.4) is 0 Å². The van der Waals surface area contributed by atoms with Crippen molar-refractivity contribution in [2.75, 3.05) is 5.32 Å². The van der Waals surface area contributed by atoms with E-state index >= 15 is 0 Å². The molecule has 1 rings (SSSR count). The van der Waals surface area contributed by atoms with E-state index in [2.05, 4.69) is 48.4 Å². The maximum Gasteiger partial charge on any atom is 0.337 e. The van der Waals surface area contributed by atoms with Crippen molar-refractivity contribution in [1.29, 1.82) is 0 Å². The monoisotopic (exact) mass is 402 g/mol. The van der Waals surface area contributed by atoms with E-state index in [-0.39, 0.29) is 17.3 Å². The zero-order valence-corrected chi connectivity index (χ0v) is 13.7. The Morgan fingerprint density at radius 2 is 2.10 bits per heavy atom. The van der Waals surface area contributed by atoms with E-state index in [0.717, 1.165) is 0 Å². The molecule has 20 heavy (non-hydrogen) atoms. The van der Waals surface area contributed by atoms with Crippen LogP contribution in [0.5, 0.6) is 0 Å². The van der Waals surface area contributed by atoms with Crippen LogP contribution in [-0.4, -0.2) is 23.1 Å². The summed E-state index contributed by atoms with van der Waals surface area (Å²) in [4.78, 5) is 23.0. The minimum absolute atomic E-state index is 0.0222. The molecule has 0 fully saturated rings. The van der Waals surface area contributed by atoms with Gasteiger partial charge < -0.3 is 15.7 Å². The highest BCUT2D eigenvalue weighted by Crippen LogP contribution is 2.30. The first kappa shape index (κ1) is 16.5. The van der Waals surface area contributed by atoms with Gasteiger partial charge in [-0.15, -0.1) is 12.3 Å². The summed E-state index contributed by atoms with van der Waals surface area (Å²) in [5.41, 5.74) is 0.164. The van der Waals surface area contributed by atoms with E-state index in [4.69, 9.17) is 11.5 Å². The molecular weight excluding hydrogens is 392 g/mol. The summed E-state index contributed by atoms with van der Waals surface area (Å²) >= 11 is 6.42. The molecule has 0 bridgehead atoms. The van der Waals surface area contributed by atoms with Crippen LogP contribution in [0.1, 0.15) is 23.7 Å². The average Bonchev–Trinajstić information content (AvgIpc) is 2.32. The fraction of sp³-hybridized carbons (Fsp3) is 0.231. The Balaban J connectivity index is 2.95. The maximum absolute atomic E-state index is 11.8. The van der Waals surface area contributed by atoms with E-state index in [1.807, 2.05) is 0 Å². The van der Waals surface area contributed by atoms with Crippen molar-refractivity contribution in [3.05, 3.63) is 26.6 Å². The van der Waals surface area contributed by atoms with Crippen molar-refractivity contribution in [3.8, 4) is 12.3 Å². The molecule has 1 unspecified atom stereocenters. The first-order valence-corrected chi connectivity index (χ1v) is 7.17. The highest BCUT2D eigenvalue weighted by molar-refractivity contribution is 9.11. The number of hydrogen-bond acceptors (Lipinski definition) is 2. The van der Waals surface area contributed by atoms with Crippen LogP contribution in [0.15, 0.2) is 21.1 Å². The first-order chi connectivity index (χ1) is 9.35. The molecule has 1 aromatic carbocycles. The summed E-state index contributed by atoms with van der Waals surface area (Å²) in [6, 6.07) is 2.33. The van der Waals surface area contributed by atoms with Crippen molar-refractivity contribution >= 4 is 49.5 Å². The second kappa shape index (κ2) is 7.31. The Hall–Kier alpha value is -1.52. The Morgan fingerprint density at radius 3 is 2.65 bits per heavy atom. The van der Waals surface area contributed by atoms with Crippen molar-refractivity contribution < 1.29 is 14.7 Å². The van der Waals surface area contributed by atoms with Crippen LogP contribution in [0.4, 0.5) is 10.5 Å². The second-order valence-electron chi connectivity index (χ2n) is 4.02. The number of terminal acetylenes is 1. The van der Waals surface area contributed by atoms with E-state index in [1.54, 1.807) is 13.0 Å². The van der Waals surface area contributed by atoms with Gasteiger partial charge >= 0.3 is 12.0 Å². The van der Waals surface area contributed by atoms with Crippen LogP contribution in [0, 0.1) is 12.3 Å². The van der Waals surface area contributed by atoms with Gasteiger partial charge in [-0.2, -0.15) is 0 Å². The number of hydrogen-bond donors (Lipinski definition) is 3. The molecule has 106 valence electrons. The Kier molecular flexibility index (Phi) is 6.05. The van der Waals surface area contributed by atoms with Gasteiger partial charge in [0.1, 0.15) is 0 Å². The minimum atomic E-state index is -1.14. The quantitative estimate of drug-likeness (QED) is 0.673. The zero-order chi connectivity index (χ0) is 15.3. The number of carbonyl (C=O) groups excluding carboxylic acids is 1. The molecule has 5 nitrogen and oxygen atoms in total. The summed E-state index contributed by atoms with van der Waals surface area (Å²) in [6.07, 6.45) is 5.54. The molecule has 0 heterocycles. The third-order valence-electron chi connectivity index (χ3n) is 2.33. The summed E-state index contributed by atoms with van der Waals surface area (Å²) in [5.74, 6) is 1.29. The van der Waals surface area contributed by atoms with Crippen molar-refractivity contribution in [2.24, 2.45) is 0 Å². The van der Waals surface area contributed by atoms with Crippen molar-refractivity contribution in [2.45, 2.75) is 19.4 Å². The molecule has 0 spiro atoms. The number of aromatic carboxylic acids is 1. The predicted octanol–water partition coefficient (Wildman–Crippen LogP) is 3.44. The van der Waals surface area contributed by atoms with Crippen molar-refractivity contribution in [3.63, 3.8) is 0 Å². The summed E-state index contributed by atoms with van der Waals surface area (Å²) < 4.78 is 1.05. The number of carbonyl (C=O) groups is 2. The van der Waals surface area contributed by atoms with E-state index < -0.39 is 12.0 Å². The second-order valence-corrected chi connectivity index (χ2v) is 5.79. The lowest BCUT2D eigenvalue weighted by molar-refractivity contribution is 0.0698. The van der Waals surface area contributed by atoms with Gasteiger partial charge in [-0.05, 0) is 35.0 Å². The van der Waals surface area contributed by atoms with Gasteiger partial charge in [0, 0.05) is 21.4 Å². The third kappa shape index (κ3) is 4.54. The van der Waals surface area contributed by atoms with E-state index in [9.17, 15) is 9.59 Å². The van der Waals surface area contributed by atoms with Crippen LogP contribution in [0.2, 0.25) is 0 Å². The lowest BCUT2D eigenvalue weighted by Gasteiger charge is -2.15. The molecule has 7 heteroatoms. The number of halogens is 2. The highest BCUT2D eigenvalue weighted by atomic mass is 79.9. The number of carboxylic acids is 1. The molecule has 1 atom stereocenters. The molecule has 0 saturated heterocycles. The van der Waals surface area contributed by atoms with Crippen LogP contribution in [0.25, 0.3) is 0 Å². The number of urea groups is 1. The Labute approximate surface area is 133 Å². The highest BCUT2D eigenvalue weighted by Gasteiger charge is 2.17. The van der Waals surface area contributed by atoms with E-state index in [1.165, 1.54) is 6.07 Å². The molecule has 3 N–H and O–H groups in total. The topological polar surface area (TPSA) is 78.4 Å². The van der Waals surface area contributed by atoms with Crippen molar-refractivity contribution in [1.82, 2.24) is 5.32 Å². The summed E-state index contributed by atoms with van der Waals surface area (Å²) in [7, 11) is 0. The lowest BCUT2D eigenvalue weighted by Crippen LogP contribution is -2.36. The smallest absolute Gasteiger partial charge is 0.337 e. The lowest BCUT2D eigenvalue weighted by atomic mass is 10.2. The predicted molar refractivity (Wildman–Crippen MR) is 83.9 cm³/mol. The standard InChI is InChI=1S/C13H12Br2N2O3/c1-3-4-7(2)16-13(20)17-11-9(12(18)19)5-8(14)6-10(11)15/h1,5-7H,4H2,2H3,(H,18,19)(H2,16,17,20). The average molecular weight is 404 g/mol. The molecule has 0 saturated carbocycles. The minimum Gasteiger partial charge on any atom is -0.478 e. The SMILES string of the molecule is C#CCC(C)NC(=O)Nc1c(Br)cc(Br)cc1C(=O)O. The van der Waals surface area contributed by atoms with Gasteiger partial charge in [-0.3, -0.25) is 0 Å². The number of amides is 2. The maximum atomic E-state index is 11.8. The van der Waals surface area contributed by atoms with Crippen LogP contribution >= 0.6 is 31.9 Å². The fourth-order valence-corrected chi connectivity index (χ4v) is 2.79. The summed E-state index contributed by atoms with van der Waals surface area (Å²) in [6.45, 7) is 1.76.